The second-order valence-electron chi connectivity index (χ2n) is 2.12. The molecular weight excluding hydrogens is 176 g/mol. The first kappa shape index (κ1) is 9.12. The average Bonchev–Trinajstić information content (AvgIpc) is 2.51. The lowest BCUT2D eigenvalue weighted by atomic mass is 10.3. The summed E-state index contributed by atoms with van der Waals surface area (Å²) in [7, 11) is 0. The van der Waals surface area contributed by atoms with Crippen molar-refractivity contribution in [1.82, 2.24) is 9.59 Å². The molecule has 0 aromatic carbocycles. The maximum absolute atomic E-state index is 11.2. The predicted molar refractivity (Wildman–Crippen MR) is 45.2 cm³/mol. The Morgan fingerprint density at radius 2 is 2.33 bits per heavy atom. The monoisotopic (exact) mass is 186 g/mol. The number of carbonyl (C=O) groups excluding carboxylic acids is 1. The number of hydrogen-bond donors (Lipinski definition) is 0. The van der Waals surface area contributed by atoms with Gasteiger partial charge in [-0.15, -0.1) is 5.10 Å². The van der Waals surface area contributed by atoms with Gasteiger partial charge in [0, 0.05) is 0 Å². The van der Waals surface area contributed by atoms with Gasteiger partial charge in [-0.2, -0.15) is 0 Å². The van der Waals surface area contributed by atoms with E-state index in [-0.39, 0.29) is 5.97 Å². The number of aryl methyl sites for hydroxylation is 1. The van der Waals surface area contributed by atoms with Gasteiger partial charge in [-0.3, -0.25) is 0 Å². The Kier molecular flexibility index (Phi) is 3.16. The molecule has 0 unspecified atom stereocenters. The molecule has 0 aliphatic rings. The SMILES string of the molecule is CCOC(=O)c1snnc1CC. The van der Waals surface area contributed by atoms with E-state index in [1.165, 1.54) is 0 Å². The van der Waals surface area contributed by atoms with Crippen molar-refractivity contribution in [1.29, 1.82) is 0 Å². The van der Waals surface area contributed by atoms with Gasteiger partial charge < -0.3 is 4.74 Å². The van der Waals surface area contributed by atoms with Crippen molar-refractivity contribution < 1.29 is 9.53 Å². The van der Waals surface area contributed by atoms with E-state index >= 15 is 0 Å². The normalized spacial score (nSPS) is 9.83. The number of nitrogens with zero attached hydrogens (tertiary/aromatic N) is 2. The molecule has 0 bridgehead atoms. The molecule has 4 nitrogen and oxygen atoms in total. The molecule has 0 atom stereocenters. The third kappa shape index (κ3) is 1.79. The molecule has 12 heavy (non-hydrogen) atoms. The molecule has 0 amide bonds. The number of hydrogen-bond acceptors (Lipinski definition) is 5. The van der Waals surface area contributed by atoms with Crippen molar-refractivity contribution in [3.63, 3.8) is 0 Å². The maximum Gasteiger partial charge on any atom is 0.351 e. The molecule has 0 spiro atoms. The van der Waals surface area contributed by atoms with Crippen LogP contribution in [-0.4, -0.2) is 22.2 Å². The van der Waals surface area contributed by atoms with Crippen molar-refractivity contribution >= 4 is 17.5 Å². The lowest BCUT2D eigenvalue weighted by Crippen LogP contribution is -2.05. The van der Waals surface area contributed by atoms with Gasteiger partial charge in [0.05, 0.1) is 12.3 Å². The summed E-state index contributed by atoms with van der Waals surface area (Å²) >= 11 is 1.09. The van der Waals surface area contributed by atoms with Gasteiger partial charge in [0.25, 0.3) is 0 Å². The molecule has 5 heteroatoms. The fraction of sp³-hybridized carbons (Fsp3) is 0.571. The number of carbonyl (C=O) groups is 1. The van der Waals surface area contributed by atoms with Crippen LogP contribution in [0.15, 0.2) is 0 Å². The van der Waals surface area contributed by atoms with Crippen molar-refractivity contribution in [2.75, 3.05) is 6.61 Å². The molecule has 1 heterocycles. The molecule has 0 saturated carbocycles. The number of esters is 1. The first-order chi connectivity index (χ1) is 5.79. The van der Waals surface area contributed by atoms with Gasteiger partial charge in [0.2, 0.25) is 0 Å². The first-order valence-electron chi connectivity index (χ1n) is 3.77. The van der Waals surface area contributed by atoms with Crippen molar-refractivity contribution in [3.05, 3.63) is 10.6 Å². The summed E-state index contributed by atoms with van der Waals surface area (Å²) in [5.41, 5.74) is 0.721. The van der Waals surface area contributed by atoms with Gasteiger partial charge in [0.1, 0.15) is 0 Å². The van der Waals surface area contributed by atoms with Gasteiger partial charge in [0.15, 0.2) is 4.88 Å². The molecule has 1 aromatic rings. The zero-order valence-corrected chi connectivity index (χ0v) is 7.85. The molecular formula is C7H10N2O2S. The minimum Gasteiger partial charge on any atom is -0.462 e. The lowest BCUT2D eigenvalue weighted by Gasteiger charge is -1.97. The summed E-state index contributed by atoms with van der Waals surface area (Å²) in [5, 5.41) is 3.81. The summed E-state index contributed by atoms with van der Waals surface area (Å²) in [4.78, 5) is 11.7. The fourth-order valence-corrected chi connectivity index (χ4v) is 1.44. The number of rotatable bonds is 3. The Balaban J connectivity index is 2.79. The highest BCUT2D eigenvalue weighted by Gasteiger charge is 2.15. The zero-order chi connectivity index (χ0) is 8.97. The molecule has 0 aliphatic carbocycles. The van der Waals surface area contributed by atoms with E-state index in [0.717, 1.165) is 17.2 Å². The highest BCUT2D eigenvalue weighted by molar-refractivity contribution is 7.07. The zero-order valence-electron chi connectivity index (χ0n) is 7.03. The van der Waals surface area contributed by atoms with E-state index in [1.807, 2.05) is 6.92 Å². The third-order valence-corrected chi connectivity index (χ3v) is 2.10. The molecule has 1 rings (SSSR count). The number of aromatic nitrogens is 2. The van der Waals surface area contributed by atoms with Gasteiger partial charge >= 0.3 is 5.97 Å². The van der Waals surface area contributed by atoms with Crippen LogP contribution in [-0.2, 0) is 11.2 Å². The van der Waals surface area contributed by atoms with E-state index < -0.39 is 0 Å². The summed E-state index contributed by atoms with van der Waals surface area (Å²) in [6.45, 7) is 4.09. The molecule has 66 valence electrons. The van der Waals surface area contributed by atoms with Crippen molar-refractivity contribution in [2.45, 2.75) is 20.3 Å². The van der Waals surface area contributed by atoms with Crippen LogP contribution >= 0.6 is 11.5 Å². The van der Waals surface area contributed by atoms with E-state index in [4.69, 9.17) is 4.74 Å². The highest BCUT2D eigenvalue weighted by Crippen LogP contribution is 2.12. The Morgan fingerprint density at radius 3 is 2.92 bits per heavy atom. The van der Waals surface area contributed by atoms with Crippen molar-refractivity contribution in [2.24, 2.45) is 0 Å². The molecule has 1 aromatic heterocycles. The minimum atomic E-state index is -0.315. The number of ether oxygens (including phenoxy) is 1. The van der Waals surface area contributed by atoms with Crippen LogP contribution in [0.25, 0.3) is 0 Å². The van der Waals surface area contributed by atoms with Crippen molar-refractivity contribution in [3.8, 4) is 0 Å². The predicted octanol–water partition coefficient (Wildman–Crippen LogP) is 1.28. The smallest absolute Gasteiger partial charge is 0.351 e. The second kappa shape index (κ2) is 4.15. The summed E-state index contributed by atoms with van der Waals surface area (Å²) in [5.74, 6) is -0.315. The standard InChI is InChI=1S/C7H10N2O2S/c1-3-5-6(12-9-8-5)7(10)11-4-2/h3-4H2,1-2H3. The molecule has 0 aliphatic heterocycles. The van der Waals surface area contributed by atoms with Crippen LogP contribution in [0, 0.1) is 0 Å². The maximum atomic E-state index is 11.2. The quantitative estimate of drug-likeness (QED) is 0.667. The summed E-state index contributed by atoms with van der Waals surface area (Å²) in [6, 6.07) is 0. The average molecular weight is 186 g/mol. The third-order valence-electron chi connectivity index (χ3n) is 1.35. The van der Waals surface area contributed by atoms with Crippen LogP contribution < -0.4 is 0 Å². The van der Waals surface area contributed by atoms with E-state index in [1.54, 1.807) is 6.92 Å². The van der Waals surface area contributed by atoms with Crippen LogP contribution in [0.5, 0.6) is 0 Å². The van der Waals surface area contributed by atoms with Gasteiger partial charge in [-0.05, 0) is 24.9 Å². The first-order valence-corrected chi connectivity index (χ1v) is 4.55. The van der Waals surface area contributed by atoms with Crippen LogP contribution in [0.2, 0.25) is 0 Å². The largest absolute Gasteiger partial charge is 0.462 e. The second-order valence-corrected chi connectivity index (χ2v) is 2.88. The van der Waals surface area contributed by atoms with Crippen LogP contribution in [0.3, 0.4) is 0 Å². The minimum absolute atomic E-state index is 0.315. The van der Waals surface area contributed by atoms with Gasteiger partial charge in [-0.1, -0.05) is 11.4 Å². The molecule has 0 fully saturated rings. The Morgan fingerprint density at radius 1 is 1.58 bits per heavy atom. The lowest BCUT2D eigenvalue weighted by molar-refractivity contribution is 0.0530. The Bertz CT molecular complexity index is 272. The Hall–Kier alpha value is -0.970. The fourth-order valence-electron chi connectivity index (χ4n) is 0.792. The van der Waals surface area contributed by atoms with E-state index in [2.05, 4.69) is 9.59 Å². The molecule has 0 N–H and O–H groups in total. The molecule has 0 saturated heterocycles. The molecule has 0 radical (unpaired) electrons. The van der Waals surface area contributed by atoms with Gasteiger partial charge in [-0.25, -0.2) is 4.79 Å². The summed E-state index contributed by atoms with van der Waals surface area (Å²) < 4.78 is 8.51. The van der Waals surface area contributed by atoms with E-state index in [0.29, 0.717) is 17.9 Å². The van der Waals surface area contributed by atoms with E-state index in [9.17, 15) is 4.79 Å². The van der Waals surface area contributed by atoms with Crippen LogP contribution in [0.4, 0.5) is 0 Å². The summed E-state index contributed by atoms with van der Waals surface area (Å²) in [6.07, 6.45) is 0.713. The van der Waals surface area contributed by atoms with Crippen LogP contribution in [0.1, 0.15) is 29.2 Å². The Labute approximate surface area is 74.7 Å². The topological polar surface area (TPSA) is 52.1 Å². The highest BCUT2D eigenvalue weighted by atomic mass is 32.1.